The van der Waals surface area contributed by atoms with Crippen LogP contribution >= 0.6 is 0 Å². The number of carbonyl (C=O) groups excluding carboxylic acids is 1. The van der Waals surface area contributed by atoms with Gasteiger partial charge in [-0.2, -0.15) is 10.1 Å². The highest BCUT2D eigenvalue weighted by Crippen LogP contribution is 2.38. The highest BCUT2D eigenvalue weighted by molar-refractivity contribution is 5.88. The average molecular weight is 262 g/mol. The second kappa shape index (κ2) is 4.83. The summed E-state index contributed by atoms with van der Waals surface area (Å²) in [5, 5.41) is 7.98. The van der Waals surface area contributed by atoms with E-state index < -0.39 is 0 Å². The van der Waals surface area contributed by atoms with Crippen molar-refractivity contribution in [3.63, 3.8) is 0 Å². The number of nitrogens with zero attached hydrogens (tertiary/aromatic N) is 4. The minimum absolute atomic E-state index is 0.347. The van der Waals surface area contributed by atoms with Crippen molar-refractivity contribution >= 4 is 5.97 Å². The fraction of sp³-hybridized carbons (Fsp3) is 0.500. The Kier molecular flexibility index (Phi) is 3.02. The molecule has 19 heavy (non-hydrogen) atoms. The first-order valence-electron chi connectivity index (χ1n) is 6.28. The Labute approximate surface area is 109 Å². The van der Waals surface area contributed by atoms with Crippen LogP contribution in [0.3, 0.4) is 0 Å². The zero-order valence-corrected chi connectivity index (χ0v) is 10.6. The first-order valence-corrected chi connectivity index (χ1v) is 6.28. The van der Waals surface area contributed by atoms with E-state index in [0.717, 1.165) is 12.8 Å². The quantitative estimate of drug-likeness (QED) is 0.757. The molecule has 0 aromatic carbocycles. The van der Waals surface area contributed by atoms with Crippen LogP contribution in [0.4, 0.5) is 0 Å². The van der Waals surface area contributed by atoms with Crippen LogP contribution in [0.2, 0.25) is 0 Å². The molecule has 3 rings (SSSR count). The number of hydrogen-bond donors (Lipinski definition) is 0. The van der Waals surface area contributed by atoms with Gasteiger partial charge in [0.1, 0.15) is 6.54 Å². The van der Waals surface area contributed by atoms with E-state index >= 15 is 0 Å². The van der Waals surface area contributed by atoms with Gasteiger partial charge in [-0.3, -0.25) is 4.68 Å². The highest BCUT2D eigenvalue weighted by Gasteiger charge is 2.29. The lowest BCUT2D eigenvalue weighted by molar-refractivity contribution is 0.0526. The summed E-state index contributed by atoms with van der Waals surface area (Å²) in [6.07, 6.45) is 5.33. The Balaban J connectivity index is 1.67. The maximum absolute atomic E-state index is 11.5. The average Bonchev–Trinajstić information content (AvgIpc) is 2.97. The van der Waals surface area contributed by atoms with E-state index in [1.165, 1.54) is 6.20 Å². The predicted molar refractivity (Wildman–Crippen MR) is 63.6 cm³/mol. The van der Waals surface area contributed by atoms with E-state index in [-0.39, 0.29) is 5.97 Å². The Morgan fingerprint density at radius 2 is 2.42 bits per heavy atom. The van der Waals surface area contributed by atoms with Crippen LogP contribution < -0.4 is 0 Å². The molecule has 0 radical (unpaired) electrons. The first-order chi connectivity index (χ1) is 9.26. The fourth-order valence-electron chi connectivity index (χ4n) is 1.74. The van der Waals surface area contributed by atoms with Crippen LogP contribution in [0, 0.1) is 0 Å². The van der Waals surface area contributed by atoms with E-state index in [1.807, 2.05) is 0 Å². The zero-order valence-electron chi connectivity index (χ0n) is 10.6. The standard InChI is InChI=1S/C12H14N4O3/c1-2-18-12(17)9-5-13-16(6-9)7-10-14-11(19-15-10)8-3-4-8/h5-6,8H,2-4,7H2,1H3. The number of hydrogen-bond acceptors (Lipinski definition) is 6. The van der Waals surface area contributed by atoms with E-state index in [2.05, 4.69) is 15.2 Å². The number of rotatable bonds is 5. The van der Waals surface area contributed by atoms with Crippen LogP contribution in [-0.4, -0.2) is 32.5 Å². The largest absolute Gasteiger partial charge is 0.462 e. The van der Waals surface area contributed by atoms with Crippen molar-refractivity contribution in [1.82, 2.24) is 19.9 Å². The summed E-state index contributed by atoms with van der Waals surface area (Å²) in [6.45, 7) is 2.50. The summed E-state index contributed by atoms with van der Waals surface area (Å²) in [7, 11) is 0. The van der Waals surface area contributed by atoms with Gasteiger partial charge in [0, 0.05) is 12.1 Å². The van der Waals surface area contributed by atoms with E-state index in [1.54, 1.807) is 17.8 Å². The molecule has 0 bridgehead atoms. The van der Waals surface area contributed by atoms with Crippen molar-refractivity contribution in [3.05, 3.63) is 29.7 Å². The summed E-state index contributed by atoms with van der Waals surface area (Å²) in [6, 6.07) is 0. The Morgan fingerprint density at radius 1 is 1.58 bits per heavy atom. The molecule has 7 nitrogen and oxygen atoms in total. The fourth-order valence-corrected chi connectivity index (χ4v) is 1.74. The first kappa shape index (κ1) is 11.9. The number of esters is 1. The Bertz CT molecular complexity index is 585. The van der Waals surface area contributed by atoms with Crippen LogP contribution in [0.1, 0.15) is 47.8 Å². The lowest BCUT2D eigenvalue weighted by Gasteiger charge is -1.97. The molecule has 0 atom stereocenters. The van der Waals surface area contributed by atoms with Gasteiger partial charge in [0.25, 0.3) is 0 Å². The van der Waals surface area contributed by atoms with Crippen molar-refractivity contribution in [2.75, 3.05) is 6.61 Å². The normalized spacial score (nSPS) is 14.6. The maximum atomic E-state index is 11.5. The van der Waals surface area contributed by atoms with E-state index in [4.69, 9.17) is 9.26 Å². The Morgan fingerprint density at radius 3 is 3.16 bits per heavy atom. The van der Waals surface area contributed by atoms with Crippen molar-refractivity contribution < 1.29 is 14.1 Å². The van der Waals surface area contributed by atoms with Gasteiger partial charge in [0.2, 0.25) is 5.89 Å². The molecule has 100 valence electrons. The molecular formula is C12H14N4O3. The second-order valence-electron chi connectivity index (χ2n) is 4.47. The van der Waals surface area contributed by atoms with Crippen LogP contribution in [0.15, 0.2) is 16.9 Å². The SMILES string of the molecule is CCOC(=O)c1cnn(Cc2noc(C3CC3)n2)c1. The van der Waals surface area contributed by atoms with Gasteiger partial charge in [-0.25, -0.2) is 4.79 Å². The number of carbonyl (C=O) groups is 1. The van der Waals surface area contributed by atoms with Crippen molar-refractivity contribution in [3.8, 4) is 0 Å². The smallest absolute Gasteiger partial charge is 0.341 e. The maximum Gasteiger partial charge on any atom is 0.341 e. The van der Waals surface area contributed by atoms with Crippen LogP contribution in [0.5, 0.6) is 0 Å². The van der Waals surface area contributed by atoms with Crippen LogP contribution in [0.25, 0.3) is 0 Å². The van der Waals surface area contributed by atoms with Crippen molar-refractivity contribution in [2.45, 2.75) is 32.2 Å². The monoisotopic (exact) mass is 262 g/mol. The number of ether oxygens (including phenoxy) is 1. The minimum Gasteiger partial charge on any atom is -0.462 e. The lowest BCUT2D eigenvalue weighted by Crippen LogP contribution is -2.04. The van der Waals surface area contributed by atoms with E-state index in [0.29, 0.717) is 36.3 Å². The summed E-state index contributed by atoms with van der Waals surface area (Å²) < 4.78 is 11.6. The van der Waals surface area contributed by atoms with Gasteiger partial charge in [-0.15, -0.1) is 0 Å². The molecule has 0 unspecified atom stereocenters. The van der Waals surface area contributed by atoms with E-state index in [9.17, 15) is 4.79 Å². The summed E-state index contributed by atoms with van der Waals surface area (Å²) in [4.78, 5) is 15.8. The predicted octanol–water partition coefficient (Wildman–Crippen LogP) is 1.37. The molecule has 1 saturated carbocycles. The van der Waals surface area contributed by atoms with Gasteiger partial charge in [0.15, 0.2) is 5.82 Å². The lowest BCUT2D eigenvalue weighted by atomic mass is 10.4. The highest BCUT2D eigenvalue weighted by atomic mass is 16.5. The van der Waals surface area contributed by atoms with Gasteiger partial charge in [0.05, 0.1) is 18.4 Å². The third kappa shape index (κ3) is 2.64. The molecule has 1 aliphatic rings. The van der Waals surface area contributed by atoms with Gasteiger partial charge < -0.3 is 9.26 Å². The second-order valence-corrected chi connectivity index (χ2v) is 4.47. The Hall–Kier alpha value is -2.18. The third-order valence-corrected chi connectivity index (χ3v) is 2.86. The molecule has 1 aliphatic carbocycles. The zero-order chi connectivity index (χ0) is 13.2. The van der Waals surface area contributed by atoms with Gasteiger partial charge in [-0.1, -0.05) is 5.16 Å². The number of aromatic nitrogens is 4. The molecule has 0 aliphatic heterocycles. The topological polar surface area (TPSA) is 83.0 Å². The molecule has 7 heteroatoms. The molecule has 0 saturated heterocycles. The van der Waals surface area contributed by atoms with Crippen molar-refractivity contribution in [2.24, 2.45) is 0 Å². The summed E-state index contributed by atoms with van der Waals surface area (Å²) in [5.41, 5.74) is 0.424. The summed E-state index contributed by atoms with van der Waals surface area (Å²) >= 11 is 0. The van der Waals surface area contributed by atoms with Crippen LogP contribution in [-0.2, 0) is 11.3 Å². The minimum atomic E-state index is -0.375. The molecule has 2 aromatic rings. The summed E-state index contributed by atoms with van der Waals surface area (Å²) in [5.74, 6) is 1.34. The molecule has 2 heterocycles. The van der Waals surface area contributed by atoms with Gasteiger partial charge in [-0.05, 0) is 19.8 Å². The molecule has 0 amide bonds. The van der Waals surface area contributed by atoms with Crippen molar-refractivity contribution in [1.29, 1.82) is 0 Å². The molecule has 0 spiro atoms. The molecular weight excluding hydrogens is 248 g/mol. The molecule has 2 aromatic heterocycles. The van der Waals surface area contributed by atoms with Gasteiger partial charge >= 0.3 is 5.97 Å². The molecule has 0 N–H and O–H groups in total. The third-order valence-electron chi connectivity index (χ3n) is 2.86. The molecule has 1 fully saturated rings.